The molecule has 0 rings (SSSR count). The molecule has 14 heavy (non-hydrogen) atoms. The Morgan fingerprint density at radius 1 is 1.29 bits per heavy atom. The molecule has 0 saturated heterocycles. The van der Waals surface area contributed by atoms with Gasteiger partial charge in [0.1, 0.15) is 5.78 Å². The Labute approximate surface area is 86.1 Å². The van der Waals surface area contributed by atoms with Gasteiger partial charge in [-0.3, -0.25) is 4.79 Å². The monoisotopic (exact) mass is 202 g/mol. The number of aliphatic hydroxyl groups is 2. The van der Waals surface area contributed by atoms with E-state index in [4.69, 9.17) is 10.2 Å². The first-order valence-electron chi connectivity index (χ1n) is 5.17. The third-order valence-electron chi connectivity index (χ3n) is 2.39. The molecule has 0 radical (unpaired) electrons. The highest BCUT2D eigenvalue weighted by atomic mass is 16.3. The van der Waals surface area contributed by atoms with Gasteiger partial charge in [-0.1, -0.05) is 20.8 Å². The quantitative estimate of drug-likeness (QED) is 0.655. The Balaban J connectivity index is 3.92. The van der Waals surface area contributed by atoms with Crippen molar-refractivity contribution >= 4 is 5.78 Å². The summed E-state index contributed by atoms with van der Waals surface area (Å²) in [6.07, 6.45) is 1.70. The summed E-state index contributed by atoms with van der Waals surface area (Å²) in [5, 5.41) is 18.0. The number of hydrogen-bond acceptors (Lipinski definition) is 3. The molecular formula is C11H22O3. The Hall–Kier alpha value is -0.410. The van der Waals surface area contributed by atoms with E-state index < -0.39 is 5.41 Å². The number of carbonyl (C=O) groups excluding carboxylic acids is 1. The first kappa shape index (κ1) is 13.6. The second-order valence-electron chi connectivity index (χ2n) is 4.77. The summed E-state index contributed by atoms with van der Waals surface area (Å²) in [5.74, 6) is 0.651. The fourth-order valence-electron chi connectivity index (χ4n) is 1.18. The van der Waals surface area contributed by atoms with Crippen molar-refractivity contribution in [2.45, 2.75) is 40.0 Å². The van der Waals surface area contributed by atoms with Crippen LogP contribution < -0.4 is 0 Å². The van der Waals surface area contributed by atoms with Crippen molar-refractivity contribution in [1.82, 2.24) is 0 Å². The number of ketones is 1. The molecule has 0 aromatic rings. The van der Waals surface area contributed by atoms with E-state index in [2.05, 4.69) is 13.8 Å². The summed E-state index contributed by atoms with van der Waals surface area (Å²) >= 11 is 0. The minimum absolute atomic E-state index is 0.129. The standard InChI is InChI=1S/C11H22O3/c1-9(2)4-5-10(14)6-11(3,7-12)8-13/h9,12-13H,4-8H2,1-3H3. The smallest absolute Gasteiger partial charge is 0.133 e. The molecule has 0 atom stereocenters. The van der Waals surface area contributed by atoms with Crippen LogP contribution in [-0.2, 0) is 4.79 Å². The van der Waals surface area contributed by atoms with Crippen molar-refractivity contribution in [1.29, 1.82) is 0 Å². The van der Waals surface area contributed by atoms with E-state index in [9.17, 15) is 4.79 Å². The minimum atomic E-state index is -0.645. The van der Waals surface area contributed by atoms with Gasteiger partial charge in [-0.25, -0.2) is 0 Å². The van der Waals surface area contributed by atoms with Crippen LogP contribution >= 0.6 is 0 Å². The number of carbonyl (C=O) groups is 1. The molecule has 0 heterocycles. The number of rotatable bonds is 7. The van der Waals surface area contributed by atoms with Gasteiger partial charge in [-0.05, 0) is 12.3 Å². The lowest BCUT2D eigenvalue weighted by atomic mass is 9.85. The highest BCUT2D eigenvalue weighted by Gasteiger charge is 2.25. The van der Waals surface area contributed by atoms with E-state index in [-0.39, 0.29) is 25.4 Å². The van der Waals surface area contributed by atoms with E-state index in [1.165, 1.54) is 0 Å². The van der Waals surface area contributed by atoms with Crippen LogP contribution in [0.2, 0.25) is 0 Å². The predicted octanol–water partition coefficient (Wildman–Crippen LogP) is 1.37. The van der Waals surface area contributed by atoms with Gasteiger partial charge in [0.2, 0.25) is 0 Å². The van der Waals surface area contributed by atoms with Gasteiger partial charge < -0.3 is 10.2 Å². The molecule has 0 aromatic heterocycles. The minimum Gasteiger partial charge on any atom is -0.396 e. The second kappa shape index (κ2) is 6.14. The van der Waals surface area contributed by atoms with Crippen molar-refractivity contribution < 1.29 is 15.0 Å². The van der Waals surface area contributed by atoms with Crippen LogP contribution in [0.25, 0.3) is 0 Å². The van der Waals surface area contributed by atoms with Crippen molar-refractivity contribution in [3.8, 4) is 0 Å². The largest absolute Gasteiger partial charge is 0.396 e. The molecule has 0 aromatic carbocycles. The molecule has 0 fully saturated rings. The third-order valence-corrected chi connectivity index (χ3v) is 2.39. The molecule has 0 amide bonds. The van der Waals surface area contributed by atoms with E-state index in [1.54, 1.807) is 6.92 Å². The first-order valence-corrected chi connectivity index (χ1v) is 5.17. The molecule has 0 spiro atoms. The molecular weight excluding hydrogens is 180 g/mol. The van der Waals surface area contributed by atoms with Gasteiger partial charge in [0.05, 0.1) is 13.2 Å². The van der Waals surface area contributed by atoms with Crippen LogP contribution in [0.3, 0.4) is 0 Å². The summed E-state index contributed by atoms with van der Waals surface area (Å²) in [4.78, 5) is 11.5. The zero-order chi connectivity index (χ0) is 11.2. The second-order valence-corrected chi connectivity index (χ2v) is 4.77. The molecule has 0 bridgehead atoms. The maximum absolute atomic E-state index is 11.5. The molecule has 3 nitrogen and oxygen atoms in total. The van der Waals surface area contributed by atoms with Crippen molar-refractivity contribution in [3.05, 3.63) is 0 Å². The van der Waals surface area contributed by atoms with Gasteiger partial charge >= 0.3 is 0 Å². The van der Waals surface area contributed by atoms with Gasteiger partial charge in [0, 0.05) is 18.3 Å². The summed E-state index contributed by atoms with van der Waals surface area (Å²) in [6, 6.07) is 0. The summed E-state index contributed by atoms with van der Waals surface area (Å²) < 4.78 is 0. The molecule has 2 N–H and O–H groups in total. The van der Waals surface area contributed by atoms with Crippen LogP contribution in [0.5, 0.6) is 0 Å². The lowest BCUT2D eigenvalue weighted by molar-refractivity contribution is -0.123. The Morgan fingerprint density at radius 2 is 1.79 bits per heavy atom. The van der Waals surface area contributed by atoms with Crippen LogP contribution in [0, 0.1) is 11.3 Å². The molecule has 0 aliphatic carbocycles. The summed E-state index contributed by atoms with van der Waals surface area (Å²) in [7, 11) is 0. The molecule has 0 aliphatic rings. The van der Waals surface area contributed by atoms with E-state index in [1.807, 2.05) is 0 Å². The van der Waals surface area contributed by atoms with E-state index in [0.29, 0.717) is 12.3 Å². The highest BCUT2D eigenvalue weighted by Crippen LogP contribution is 2.21. The molecule has 0 saturated carbocycles. The lowest BCUT2D eigenvalue weighted by Gasteiger charge is -2.23. The maximum Gasteiger partial charge on any atom is 0.133 e. The molecule has 84 valence electrons. The average Bonchev–Trinajstić information content (AvgIpc) is 2.14. The molecule has 0 aliphatic heterocycles. The van der Waals surface area contributed by atoms with Crippen LogP contribution in [-0.4, -0.2) is 29.2 Å². The van der Waals surface area contributed by atoms with E-state index >= 15 is 0 Å². The lowest BCUT2D eigenvalue weighted by Crippen LogP contribution is -2.29. The summed E-state index contributed by atoms with van der Waals surface area (Å²) in [6.45, 7) is 5.59. The molecule has 0 unspecified atom stereocenters. The predicted molar refractivity (Wildman–Crippen MR) is 56.0 cm³/mol. The third kappa shape index (κ3) is 5.35. The number of Topliss-reactive ketones (excluding diaryl/α,β-unsaturated/α-hetero) is 1. The number of hydrogen-bond donors (Lipinski definition) is 2. The number of aliphatic hydroxyl groups excluding tert-OH is 2. The first-order chi connectivity index (χ1) is 6.43. The van der Waals surface area contributed by atoms with Crippen LogP contribution in [0.15, 0.2) is 0 Å². The van der Waals surface area contributed by atoms with Gasteiger partial charge in [0.25, 0.3) is 0 Å². The Morgan fingerprint density at radius 3 is 2.14 bits per heavy atom. The van der Waals surface area contributed by atoms with Crippen molar-refractivity contribution in [2.75, 3.05) is 13.2 Å². The maximum atomic E-state index is 11.5. The normalized spacial score (nSPS) is 12.1. The van der Waals surface area contributed by atoms with Gasteiger partial charge in [-0.15, -0.1) is 0 Å². The Kier molecular flexibility index (Phi) is 5.96. The SMILES string of the molecule is CC(C)CCC(=O)CC(C)(CO)CO. The van der Waals surface area contributed by atoms with Gasteiger partial charge in [-0.2, -0.15) is 0 Å². The Bertz CT molecular complexity index is 171. The fourth-order valence-corrected chi connectivity index (χ4v) is 1.18. The highest BCUT2D eigenvalue weighted by molar-refractivity contribution is 5.79. The zero-order valence-corrected chi connectivity index (χ0v) is 9.42. The van der Waals surface area contributed by atoms with Gasteiger partial charge in [0.15, 0.2) is 0 Å². The fraction of sp³-hybridized carbons (Fsp3) is 0.909. The van der Waals surface area contributed by atoms with E-state index in [0.717, 1.165) is 6.42 Å². The van der Waals surface area contributed by atoms with Crippen molar-refractivity contribution in [2.24, 2.45) is 11.3 Å². The van der Waals surface area contributed by atoms with Crippen LogP contribution in [0.4, 0.5) is 0 Å². The zero-order valence-electron chi connectivity index (χ0n) is 9.42. The molecule has 3 heteroatoms. The van der Waals surface area contributed by atoms with Crippen molar-refractivity contribution in [3.63, 3.8) is 0 Å². The summed E-state index contributed by atoms with van der Waals surface area (Å²) in [5.41, 5.74) is -0.645. The van der Waals surface area contributed by atoms with Crippen LogP contribution in [0.1, 0.15) is 40.0 Å². The average molecular weight is 202 g/mol. The topological polar surface area (TPSA) is 57.5 Å².